The molecule has 0 bridgehead atoms. The summed E-state index contributed by atoms with van der Waals surface area (Å²) in [5.41, 5.74) is 7.31. The number of pyridine rings is 1. The van der Waals surface area contributed by atoms with E-state index in [0.717, 1.165) is 5.82 Å². The van der Waals surface area contributed by atoms with Crippen LogP contribution in [-0.4, -0.2) is 51.9 Å². The van der Waals surface area contributed by atoms with E-state index in [9.17, 15) is 0 Å². The van der Waals surface area contributed by atoms with Crippen LogP contribution in [0.25, 0.3) is 11.9 Å². The van der Waals surface area contributed by atoms with Gasteiger partial charge in [0.05, 0.1) is 5.92 Å². The van der Waals surface area contributed by atoms with E-state index >= 15 is 0 Å². The van der Waals surface area contributed by atoms with E-state index in [1.807, 2.05) is 12.3 Å². The Bertz CT molecular complexity index is 1120. The van der Waals surface area contributed by atoms with Crippen LogP contribution in [0.2, 0.25) is 0 Å². The van der Waals surface area contributed by atoms with Gasteiger partial charge in [0.1, 0.15) is 12.9 Å². The molecule has 0 radical (unpaired) electrons. The van der Waals surface area contributed by atoms with Crippen LogP contribution in [0, 0.1) is 26.7 Å². The zero-order valence-corrected chi connectivity index (χ0v) is 18.8. The fraction of sp³-hybridized carbons (Fsp3) is 0.308. The van der Waals surface area contributed by atoms with Crippen molar-refractivity contribution in [2.75, 3.05) is 21.1 Å². The topological polar surface area (TPSA) is 24.1 Å². The zero-order valence-electron chi connectivity index (χ0n) is 18.8. The molecule has 154 valence electrons. The highest BCUT2D eigenvalue weighted by molar-refractivity contribution is 6.03. The average Bonchev–Trinajstić information content (AvgIpc) is 3.01. The lowest BCUT2D eigenvalue weighted by Crippen LogP contribution is -2.36. The van der Waals surface area contributed by atoms with E-state index in [1.54, 1.807) is 0 Å². The van der Waals surface area contributed by atoms with Gasteiger partial charge in [-0.25, -0.2) is 9.56 Å². The molecular formula is C26H31N4+. The van der Waals surface area contributed by atoms with Crippen LogP contribution < -0.4 is 0 Å². The third-order valence-corrected chi connectivity index (χ3v) is 6.18. The summed E-state index contributed by atoms with van der Waals surface area (Å²) in [6, 6.07) is 6.70. The first-order valence-electron chi connectivity index (χ1n) is 10.5. The smallest absolute Gasteiger partial charge is 0.199 e. The highest BCUT2D eigenvalue weighted by Gasteiger charge is 2.30. The minimum atomic E-state index is 0.363. The molecule has 30 heavy (non-hydrogen) atoms. The second-order valence-corrected chi connectivity index (χ2v) is 8.45. The maximum atomic E-state index is 4.61. The normalized spacial score (nSPS) is 20.7. The Morgan fingerprint density at radius 3 is 2.63 bits per heavy atom. The second-order valence-electron chi connectivity index (χ2n) is 8.45. The summed E-state index contributed by atoms with van der Waals surface area (Å²) in [4.78, 5) is 6.77. The van der Waals surface area contributed by atoms with Crippen LogP contribution in [-0.2, 0) is 0 Å². The molecule has 2 unspecified atom stereocenters. The van der Waals surface area contributed by atoms with E-state index < -0.39 is 0 Å². The van der Waals surface area contributed by atoms with Crippen molar-refractivity contribution in [3.8, 4) is 5.82 Å². The van der Waals surface area contributed by atoms with Crippen molar-refractivity contribution in [1.29, 1.82) is 0 Å². The molecule has 0 aromatic carbocycles. The lowest BCUT2D eigenvalue weighted by atomic mass is 9.89. The Kier molecular flexibility index (Phi) is 5.33. The monoisotopic (exact) mass is 399 g/mol. The maximum Gasteiger partial charge on any atom is 0.199 e. The van der Waals surface area contributed by atoms with Crippen molar-refractivity contribution in [3.05, 3.63) is 89.1 Å². The molecule has 4 nitrogen and oxygen atoms in total. The van der Waals surface area contributed by atoms with Crippen LogP contribution in [0.3, 0.4) is 0 Å². The number of allylic oxidation sites excluding steroid dienone is 3. The number of hydrogen-bond donors (Lipinski definition) is 0. The molecule has 0 amide bonds. The molecule has 2 atom stereocenters. The molecule has 0 spiro atoms. The SMILES string of the molecule is Cc1cccnc1-n1c(C)cc(/C=C/C2=[N+](C)C3C=CC(N(C)C)=CC3C=C2)c1C. The number of aryl methyl sites for hydroxylation is 2. The van der Waals surface area contributed by atoms with E-state index in [0.29, 0.717) is 12.0 Å². The molecule has 4 rings (SSSR count). The summed E-state index contributed by atoms with van der Waals surface area (Å²) in [6.45, 7) is 6.42. The largest absolute Gasteiger partial charge is 0.378 e. The van der Waals surface area contributed by atoms with Gasteiger partial charge in [-0.3, -0.25) is 0 Å². The molecular weight excluding hydrogens is 368 g/mol. The van der Waals surface area contributed by atoms with Gasteiger partial charge in [0.15, 0.2) is 11.8 Å². The number of fused-ring (bicyclic) bond motifs is 1. The molecule has 0 fully saturated rings. The van der Waals surface area contributed by atoms with Crippen LogP contribution in [0.4, 0.5) is 0 Å². The number of hydrogen-bond acceptors (Lipinski definition) is 2. The first-order chi connectivity index (χ1) is 14.4. The second kappa shape index (κ2) is 7.94. The van der Waals surface area contributed by atoms with Gasteiger partial charge < -0.3 is 9.47 Å². The third-order valence-electron chi connectivity index (χ3n) is 6.18. The van der Waals surface area contributed by atoms with E-state index in [-0.39, 0.29) is 0 Å². The summed E-state index contributed by atoms with van der Waals surface area (Å²) < 4.78 is 4.61. The lowest BCUT2D eigenvalue weighted by molar-refractivity contribution is -0.530. The van der Waals surface area contributed by atoms with Gasteiger partial charge in [-0.15, -0.1) is 0 Å². The number of aromatic nitrogens is 2. The maximum absolute atomic E-state index is 4.61. The molecule has 1 aliphatic carbocycles. The van der Waals surface area contributed by atoms with Gasteiger partial charge >= 0.3 is 0 Å². The highest BCUT2D eigenvalue weighted by atomic mass is 15.1. The average molecular weight is 400 g/mol. The van der Waals surface area contributed by atoms with Crippen molar-refractivity contribution in [2.45, 2.75) is 26.8 Å². The van der Waals surface area contributed by atoms with Gasteiger partial charge in [-0.2, -0.15) is 0 Å². The predicted octanol–water partition coefficient (Wildman–Crippen LogP) is 4.46. The molecule has 0 saturated carbocycles. The molecule has 2 aromatic heterocycles. The Balaban J connectivity index is 1.62. The number of nitrogens with zero attached hydrogens (tertiary/aromatic N) is 4. The summed E-state index contributed by atoms with van der Waals surface area (Å²) in [7, 11) is 6.37. The summed E-state index contributed by atoms with van der Waals surface area (Å²) >= 11 is 0. The Labute approximate surface area is 179 Å². The fourth-order valence-corrected chi connectivity index (χ4v) is 4.37. The molecule has 2 aromatic rings. The Hall–Kier alpha value is -3.14. The summed E-state index contributed by atoms with van der Waals surface area (Å²) in [5.74, 6) is 1.42. The molecule has 1 aliphatic heterocycles. The molecule has 2 aliphatic rings. The first-order valence-corrected chi connectivity index (χ1v) is 10.5. The molecule has 3 heterocycles. The predicted molar refractivity (Wildman–Crippen MR) is 125 cm³/mol. The van der Waals surface area contributed by atoms with Gasteiger partial charge in [-0.05, 0) is 68.3 Å². The Morgan fingerprint density at radius 2 is 1.90 bits per heavy atom. The van der Waals surface area contributed by atoms with Gasteiger partial charge in [0.25, 0.3) is 0 Å². The standard InChI is InChI=1S/C26H31N4/c1-18-8-7-15-27-26(18)30-19(2)16-21(20(30)3)9-11-23-12-10-22-17-24(28(4)5)13-14-25(22)29(23)6/h7-17,22,25H,1-6H3/q+1. The minimum Gasteiger partial charge on any atom is -0.378 e. The van der Waals surface area contributed by atoms with Crippen molar-refractivity contribution in [1.82, 2.24) is 14.5 Å². The highest BCUT2D eigenvalue weighted by Crippen LogP contribution is 2.26. The first kappa shape index (κ1) is 20.1. The van der Waals surface area contributed by atoms with Crippen LogP contribution in [0.15, 0.2) is 66.5 Å². The third kappa shape index (κ3) is 3.58. The van der Waals surface area contributed by atoms with Crippen LogP contribution in [0.1, 0.15) is 22.5 Å². The Morgan fingerprint density at radius 1 is 1.10 bits per heavy atom. The van der Waals surface area contributed by atoms with Crippen molar-refractivity contribution in [2.24, 2.45) is 5.92 Å². The molecule has 0 N–H and O–H groups in total. The van der Waals surface area contributed by atoms with Crippen molar-refractivity contribution in [3.63, 3.8) is 0 Å². The van der Waals surface area contributed by atoms with E-state index in [2.05, 4.69) is 116 Å². The summed E-state index contributed by atoms with van der Waals surface area (Å²) in [6.07, 6.45) is 17.7. The molecule has 0 saturated heterocycles. The van der Waals surface area contributed by atoms with E-state index in [4.69, 9.17) is 0 Å². The number of likely N-dealkylation sites (N-methyl/N-ethyl adjacent to an activating group) is 2. The van der Waals surface area contributed by atoms with Crippen LogP contribution in [0.5, 0.6) is 0 Å². The van der Waals surface area contributed by atoms with E-state index in [1.165, 1.54) is 33.9 Å². The summed E-state index contributed by atoms with van der Waals surface area (Å²) in [5, 5.41) is 0. The van der Waals surface area contributed by atoms with Crippen molar-refractivity contribution >= 4 is 11.8 Å². The quantitative estimate of drug-likeness (QED) is 0.709. The molecule has 4 heteroatoms. The zero-order chi connectivity index (χ0) is 21.4. The van der Waals surface area contributed by atoms with Gasteiger partial charge in [-0.1, -0.05) is 12.1 Å². The lowest BCUT2D eigenvalue weighted by Gasteiger charge is -2.26. The minimum absolute atomic E-state index is 0.363. The van der Waals surface area contributed by atoms with Gasteiger partial charge in [0, 0.05) is 49.5 Å². The van der Waals surface area contributed by atoms with Gasteiger partial charge in [0.2, 0.25) is 0 Å². The number of rotatable bonds is 4. The van der Waals surface area contributed by atoms with Crippen molar-refractivity contribution < 1.29 is 4.58 Å². The van der Waals surface area contributed by atoms with Crippen LogP contribution >= 0.6 is 0 Å². The fourth-order valence-electron chi connectivity index (χ4n) is 4.37.